The molecule has 1 aromatic rings. The van der Waals surface area contributed by atoms with Crippen LogP contribution in [0.3, 0.4) is 0 Å². The molecule has 1 saturated carbocycles. The Kier molecular flexibility index (Phi) is 10.5. The van der Waals surface area contributed by atoms with Gasteiger partial charge in [-0.3, -0.25) is 9.59 Å². The smallest absolute Gasteiger partial charge is 0.387 e. The maximum absolute atomic E-state index is 12.2. The van der Waals surface area contributed by atoms with Crippen molar-refractivity contribution in [2.24, 2.45) is 5.92 Å². The predicted molar refractivity (Wildman–Crippen MR) is 97.7 cm³/mol. The standard InChI is InChI=1S/C17H19F2NO2.C3H6O2/c1-2-5-12-6-3-4-7-15(12)20-16(21)13-8-10-14(11-9-13)22-17(18)19;1-2-5-3-4/h5,8-12,15,17H,1,3-4,6-7H2,(H,20,21);3H,2H2,1H3. The second kappa shape index (κ2) is 12.7. The summed E-state index contributed by atoms with van der Waals surface area (Å²) in [6.07, 6.45) is 6.04. The fraction of sp³-hybridized carbons (Fsp3) is 0.450. The zero-order valence-electron chi connectivity index (χ0n) is 15.3. The molecule has 0 radical (unpaired) electrons. The average Bonchev–Trinajstić information content (AvgIpc) is 2.65. The molecule has 27 heavy (non-hydrogen) atoms. The Labute approximate surface area is 158 Å². The quantitative estimate of drug-likeness (QED) is 0.571. The topological polar surface area (TPSA) is 64.6 Å². The Morgan fingerprint density at radius 2 is 2.00 bits per heavy atom. The van der Waals surface area contributed by atoms with E-state index < -0.39 is 6.61 Å². The first kappa shape index (κ1) is 22.4. The molecule has 7 heteroatoms. The number of hydrogen-bond acceptors (Lipinski definition) is 4. The van der Waals surface area contributed by atoms with Gasteiger partial charge in [0.2, 0.25) is 0 Å². The van der Waals surface area contributed by atoms with Crippen LogP contribution in [-0.2, 0) is 9.53 Å². The van der Waals surface area contributed by atoms with Crippen molar-refractivity contribution in [1.29, 1.82) is 0 Å². The lowest BCUT2D eigenvalue weighted by atomic mass is 9.84. The van der Waals surface area contributed by atoms with Gasteiger partial charge in [-0.2, -0.15) is 8.78 Å². The first-order chi connectivity index (χ1) is 13.0. The molecule has 2 atom stereocenters. The molecule has 2 rings (SSSR count). The van der Waals surface area contributed by atoms with E-state index in [1.165, 1.54) is 24.3 Å². The summed E-state index contributed by atoms with van der Waals surface area (Å²) >= 11 is 0. The van der Waals surface area contributed by atoms with Crippen molar-refractivity contribution in [3.8, 4) is 5.75 Å². The minimum absolute atomic E-state index is 0.0386. The zero-order chi connectivity index (χ0) is 20.1. The van der Waals surface area contributed by atoms with Crippen LogP contribution in [0.15, 0.2) is 42.7 Å². The first-order valence-corrected chi connectivity index (χ1v) is 8.78. The van der Waals surface area contributed by atoms with Crippen molar-refractivity contribution in [1.82, 2.24) is 5.32 Å². The minimum Gasteiger partial charge on any atom is -0.468 e. The van der Waals surface area contributed by atoms with E-state index in [0.717, 1.165) is 25.7 Å². The Hall–Kier alpha value is -2.66. The number of rotatable bonds is 7. The molecule has 0 spiro atoms. The second-order valence-corrected chi connectivity index (χ2v) is 5.85. The van der Waals surface area contributed by atoms with Crippen LogP contribution in [0.2, 0.25) is 0 Å². The molecule has 1 aromatic carbocycles. The van der Waals surface area contributed by atoms with E-state index in [1.807, 2.05) is 6.08 Å². The van der Waals surface area contributed by atoms with Crippen molar-refractivity contribution in [2.75, 3.05) is 6.61 Å². The molecule has 0 aliphatic heterocycles. The van der Waals surface area contributed by atoms with Crippen LogP contribution in [0.1, 0.15) is 43.0 Å². The van der Waals surface area contributed by atoms with E-state index in [2.05, 4.69) is 27.1 Å². The van der Waals surface area contributed by atoms with Crippen molar-refractivity contribution in [2.45, 2.75) is 45.3 Å². The molecular weight excluding hydrogens is 356 g/mol. The summed E-state index contributed by atoms with van der Waals surface area (Å²) in [5, 5.41) is 3.00. The number of carbonyl (C=O) groups excluding carboxylic acids is 2. The molecule has 1 aliphatic carbocycles. The van der Waals surface area contributed by atoms with Gasteiger partial charge in [0.05, 0.1) is 6.61 Å². The molecule has 1 N–H and O–H groups in total. The van der Waals surface area contributed by atoms with Crippen molar-refractivity contribution >= 4 is 12.4 Å². The largest absolute Gasteiger partial charge is 0.468 e. The number of ether oxygens (including phenoxy) is 2. The van der Waals surface area contributed by atoms with Gasteiger partial charge in [0.1, 0.15) is 5.75 Å². The van der Waals surface area contributed by atoms with E-state index in [0.29, 0.717) is 18.6 Å². The highest BCUT2D eigenvalue weighted by atomic mass is 19.3. The van der Waals surface area contributed by atoms with E-state index in [4.69, 9.17) is 0 Å². The first-order valence-electron chi connectivity index (χ1n) is 8.78. The van der Waals surface area contributed by atoms with Gasteiger partial charge in [-0.25, -0.2) is 0 Å². The predicted octanol–water partition coefficient (Wildman–Crippen LogP) is 4.10. The molecule has 0 saturated heterocycles. The summed E-state index contributed by atoms with van der Waals surface area (Å²) in [6.45, 7) is 3.39. The molecular formula is C20H25F2NO4. The van der Waals surface area contributed by atoms with Crippen LogP contribution in [0, 0.1) is 5.92 Å². The summed E-state index contributed by atoms with van der Waals surface area (Å²) in [5.41, 5.74) is 3.22. The molecule has 1 fully saturated rings. The van der Waals surface area contributed by atoms with Gasteiger partial charge in [-0.1, -0.05) is 19.4 Å². The van der Waals surface area contributed by atoms with Gasteiger partial charge in [0.15, 0.2) is 0 Å². The Morgan fingerprint density at radius 1 is 1.33 bits per heavy atom. The summed E-state index contributed by atoms with van der Waals surface area (Å²) in [7, 11) is 0. The molecule has 0 bridgehead atoms. The minimum atomic E-state index is -2.87. The average molecular weight is 381 g/mol. The van der Waals surface area contributed by atoms with Crippen LogP contribution < -0.4 is 10.1 Å². The number of benzene rings is 1. The van der Waals surface area contributed by atoms with Gasteiger partial charge in [-0.15, -0.1) is 5.73 Å². The van der Waals surface area contributed by atoms with Crippen LogP contribution >= 0.6 is 0 Å². The van der Waals surface area contributed by atoms with Crippen molar-refractivity contribution < 1.29 is 27.8 Å². The number of nitrogens with one attached hydrogen (secondary N) is 1. The third-order valence-electron chi connectivity index (χ3n) is 4.04. The number of carbonyl (C=O) groups is 2. The zero-order valence-corrected chi connectivity index (χ0v) is 15.3. The van der Waals surface area contributed by atoms with Gasteiger partial charge in [-0.05, 0) is 50.1 Å². The molecule has 1 amide bonds. The highest BCUT2D eigenvalue weighted by molar-refractivity contribution is 5.94. The fourth-order valence-electron chi connectivity index (χ4n) is 2.80. The SMILES string of the molecule is C=C=CC1CCCCC1NC(=O)c1ccc(OC(F)F)cc1.CCOC=O. The van der Waals surface area contributed by atoms with E-state index >= 15 is 0 Å². The fourth-order valence-corrected chi connectivity index (χ4v) is 2.80. The summed E-state index contributed by atoms with van der Waals surface area (Å²) in [6, 6.07) is 5.75. The molecule has 0 aromatic heterocycles. The van der Waals surface area contributed by atoms with Gasteiger partial charge in [0, 0.05) is 17.5 Å². The van der Waals surface area contributed by atoms with E-state index in [-0.39, 0.29) is 23.6 Å². The monoisotopic (exact) mass is 381 g/mol. The maximum Gasteiger partial charge on any atom is 0.387 e. The highest BCUT2D eigenvalue weighted by Gasteiger charge is 2.24. The molecule has 5 nitrogen and oxygen atoms in total. The lowest BCUT2D eigenvalue weighted by Crippen LogP contribution is -2.41. The number of halogens is 2. The molecule has 148 valence electrons. The van der Waals surface area contributed by atoms with Gasteiger partial charge in [0.25, 0.3) is 12.4 Å². The van der Waals surface area contributed by atoms with Crippen molar-refractivity contribution in [3.63, 3.8) is 0 Å². The third kappa shape index (κ3) is 8.51. The van der Waals surface area contributed by atoms with Crippen LogP contribution in [0.25, 0.3) is 0 Å². The Balaban J connectivity index is 0.000000646. The van der Waals surface area contributed by atoms with E-state index in [1.54, 1.807) is 6.92 Å². The van der Waals surface area contributed by atoms with E-state index in [9.17, 15) is 18.4 Å². The van der Waals surface area contributed by atoms with Crippen molar-refractivity contribution in [3.05, 3.63) is 48.2 Å². The third-order valence-corrected chi connectivity index (χ3v) is 4.04. The van der Waals surface area contributed by atoms with Crippen LogP contribution in [0.5, 0.6) is 5.75 Å². The number of amides is 1. The number of alkyl halides is 2. The Bertz CT molecular complexity index is 627. The summed E-state index contributed by atoms with van der Waals surface area (Å²) in [5.74, 6) is 0.0753. The maximum atomic E-state index is 12.2. The normalized spacial score (nSPS) is 18.4. The molecule has 1 aliphatic rings. The van der Waals surface area contributed by atoms with Crippen LogP contribution in [-0.4, -0.2) is 31.6 Å². The van der Waals surface area contributed by atoms with Gasteiger partial charge >= 0.3 is 6.61 Å². The second-order valence-electron chi connectivity index (χ2n) is 5.85. The number of hydrogen-bond donors (Lipinski definition) is 1. The van der Waals surface area contributed by atoms with Gasteiger partial charge < -0.3 is 14.8 Å². The molecule has 2 unspecified atom stereocenters. The lowest BCUT2D eigenvalue weighted by molar-refractivity contribution is -0.128. The van der Waals surface area contributed by atoms with Crippen LogP contribution in [0.4, 0.5) is 8.78 Å². The Morgan fingerprint density at radius 3 is 2.52 bits per heavy atom. The summed E-state index contributed by atoms with van der Waals surface area (Å²) < 4.78 is 32.6. The molecule has 0 heterocycles. The lowest BCUT2D eigenvalue weighted by Gasteiger charge is -2.29. The highest BCUT2D eigenvalue weighted by Crippen LogP contribution is 2.25. The summed E-state index contributed by atoms with van der Waals surface area (Å²) in [4.78, 5) is 21.4.